The number of hydrogen-bond donors (Lipinski definition) is 1. The molecule has 3 aliphatic rings. The summed E-state index contributed by atoms with van der Waals surface area (Å²) in [5, 5.41) is 9.55. The highest BCUT2D eigenvalue weighted by atomic mass is 16.6. The number of allylic oxidation sites excluding steroid dienone is 1. The maximum Gasteiger partial charge on any atom is 0.347 e. The second-order valence-electron chi connectivity index (χ2n) is 9.34. The number of ketones is 1. The average molecular weight is 415 g/mol. The van der Waals surface area contributed by atoms with E-state index >= 15 is 0 Å². The van der Waals surface area contributed by atoms with Gasteiger partial charge in [0, 0.05) is 17.9 Å². The molecule has 1 heterocycles. The largest absolute Gasteiger partial charge is 0.481 e. The predicted molar refractivity (Wildman–Crippen MR) is 116 cm³/mol. The lowest BCUT2D eigenvalue weighted by molar-refractivity contribution is -0.118. The molecule has 0 aromatic heterocycles. The number of fused-ring (bicyclic) bond motifs is 2. The summed E-state index contributed by atoms with van der Waals surface area (Å²) in [6.45, 7) is 9.36. The van der Waals surface area contributed by atoms with Gasteiger partial charge in [-0.2, -0.15) is 0 Å². The molecule has 5 nitrogen and oxygen atoms in total. The number of ether oxygens (including phenoxy) is 2. The van der Waals surface area contributed by atoms with Gasteiger partial charge in [-0.05, 0) is 51.7 Å². The highest BCUT2D eigenvalue weighted by Gasteiger charge is 2.40. The smallest absolute Gasteiger partial charge is 0.347 e. The van der Waals surface area contributed by atoms with E-state index in [-0.39, 0.29) is 23.4 Å². The highest BCUT2D eigenvalue weighted by Crippen LogP contribution is 2.39. The fourth-order valence-corrected chi connectivity index (χ4v) is 4.42. The second kappa shape index (κ2) is 8.93. The highest BCUT2D eigenvalue weighted by molar-refractivity contribution is 5.99. The number of benzene rings is 1. The summed E-state index contributed by atoms with van der Waals surface area (Å²) >= 11 is 0. The van der Waals surface area contributed by atoms with E-state index in [4.69, 9.17) is 9.47 Å². The Labute approximate surface area is 179 Å². The van der Waals surface area contributed by atoms with Crippen LogP contribution in [0.3, 0.4) is 0 Å². The van der Waals surface area contributed by atoms with Gasteiger partial charge in [0.2, 0.25) is 0 Å². The molecule has 2 aliphatic carbocycles. The summed E-state index contributed by atoms with van der Waals surface area (Å²) in [7, 11) is 0. The van der Waals surface area contributed by atoms with Gasteiger partial charge < -0.3 is 14.6 Å². The number of rotatable bonds is 0. The van der Waals surface area contributed by atoms with E-state index < -0.39 is 5.97 Å². The van der Waals surface area contributed by atoms with Crippen molar-refractivity contribution in [2.75, 3.05) is 0 Å². The summed E-state index contributed by atoms with van der Waals surface area (Å²) in [4.78, 5) is 24.4. The van der Waals surface area contributed by atoms with Crippen LogP contribution in [0.25, 0.3) is 0 Å². The molecule has 1 aliphatic heterocycles. The SMILES string of the molecule is CC1(O)CCCCCC1.CC1=C2OC(=O)c3c(C)ccc(C)c3OC2C(C)CC1=O. The third kappa shape index (κ3) is 4.77. The Balaban J connectivity index is 0.000000239. The minimum atomic E-state index is -0.440. The van der Waals surface area contributed by atoms with Gasteiger partial charge in [0.25, 0.3) is 0 Å². The lowest BCUT2D eigenvalue weighted by Gasteiger charge is -2.29. The summed E-state index contributed by atoms with van der Waals surface area (Å²) in [5.41, 5.74) is 2.34. The molecule has 4 rings (SSSR count). The molecule has 1 saturated carbocycles. The molecular weight excluding hydrogens is 380 g/mol. The monoisotopic (exact) mass is 414 g/mol. The first-order chi connectivity index (χ1) is 14.1. The summed E-state index contributed by atoms with van der Waals surface area (Å²) in [6, 6.07) is 3.81. The van der Waals surface area contributed by atoms with Gasteiger partial charge in [-0.15, -0.1) is 0 Å². The molecule has 0 amide bonds. The van der Waals surface area contributed by atoms with Gasteiger partial charge in [0.15, 0.2) is 17.6 Å². The molecular formula is C25H34O5. The van der Waals surface area contributed by atoms with Crippen molar-refractivity contribution in [3.63, 3.8) is 0 Å². The number of esters is 1. The number of carbonyl (C=O) groups excluding carboxylic acids is 2. The molecule has 2 unspecified atom stereocenters. The number of Topliss-reactive ketones (excluding diaryl/α,β-unsaturated/α-hetero) is 1. The van der Waals surface area contributed by atoms with E-state index in [0.29, 0.717) is 29.1 Å². The van der Waals surface area contributed by atoms with Crippen molar-refractivity contribution in [3.8, 4) is 5.75 Å². The zero-order chi connectivity index (χ0) is 22.1. The third-order valence-electron chi connectivity index (χ3n) is 6.47. The molecule has 0 saturated heterocycles. The predicted octanol–water partition coefficient (Wildman–Crippen LogP) is 5.20. The van der Waals surface area contributed by atoms with Gasteiger partial charge in [0.1, 0.15) is 11.3 Å². The Morgan fingerprint density at radius 2 is 1.60 bits per heavy atom. The minimum Gasteiger partial charge on any atom is -0.481 e. The van der Waals surface area contributed by atoms with Crippen LogP contribution in [0.15, 0.2) is 23.5 Å². The van der Waals surface area contributed by atoms with E-state index in [1.54, 1.807) is 6.92 Å². The fraction of sp³-hybridized carbons (Fsp3) is 0.600. The molecule has 1 aromatic carbocycles. The van der Waals surface area contributed by atoms with Crippen molar-refractivity contribution >= 4 is 11.8 Å². The van der Waals surface area contributed by atoms with Crippen molar-refractivity contribution in [2.45, 2.75) is 91.3 Å². The lowest BCUT2D eigenvalue weighted by atomic mass is 9.86. The Hall–Kier alpha value is -2.14. The van der Waals surface area contributed by atoms with Crippen LogP contribution in [0.1, 0.15) is 87.2 Å². The quantitative estimate of drug-likeness (QED) is 0.467. The summed E-state index contributed by atoms with van der Waals surface area (Å²) in [5.74, 6) is 0.511. The Bertz CT molecular complexity index is 855. The van der Waals surface area contributed by atoms with E-state index in [0.717, 1.165) is 24.0 Å². The van der Waals surface area contributed by atoms with Gasteiger partial charge >= 0.3 is 5.97 Å². The topological polar surface area (TPSA) is 72.8 Å². The molecule has 1 N–H and O–H groups in total. The molecule has 0 radical (unpaired) electrons. The molecule has 1 fully saturated rings. The fourth-order valence-electron chi connectivity index (χ4n) is 4.42. The van der Waals surface area contributed by atoms with Gasteiger partial charge in [-0.1, -0.05) is 44.7 Å². The van der Waals surface area contributed by atoms with Crippen LogP contribution >= 0.6 is 0 Å². The first-order valence-corrected chi connectivity index (χ1v) is 11.1. The Kier molecular flexibility index (Phi) is 6.71. The van der Waals surface area contributed by atoms with E-state index in [9.17, 15) is 14.7 Å². The number of aryl methyl sites for hydroxylation is 2. The van der Waals surface area contributed by atoms with E-state index in [1.165, 1.54) is 25.7 Å². The number of aliphatic hydroxyl groups is 1. The Morgan fingerprint density at radius 3 is 2.23 bits per heavy atom. The van der Waals surface area contributed by atoms with Crippen LogP contribution in [0.5, 0.6) is 5.75 Å². The van der Waals surface area contributed by atoms with Crippen LogP contribution in [-0.4, -0.2) is 28.6 Å². The molecule has 0 spiro atoms. The summed E-state index contributed by atoms with van der Waals surface area (Å²) in [6.07, 6.45) is 7.11. The van der Waals surface area contributed by atoms with Crippen LogP contribution in [-0.2, 0) is 9.53 Å². The first-order valence-electron chi connectivity index (χ1n) is 11.1. The third-order valence-corrected chi connectivity index (χ3v) is 6.47. The zero-order valence-electron chi connectivity index (χ0n) is 18.8. The standard InChI is InChI=1S/C17H18O4.C8H16O/c1-8-5-6-9(2)14-13(8)17(19)21-16-11(4)12(18)7-10(3)15(16)20-14;1-8(9)6-4-2-3-5-7-8/h5-6,10,15H,7H2,1-4H3;9H,2-7H2,1H3. The normalized spacial score (nSPS) is 25.5. The van der Waals surface area contributed by atoms with Crippen molar-refractivity contribution in [1.82, 2.24) is 0 Å². The molecule has 1 aromatic rings. The van der Waals surface area contributed by atoms with Crippen LogP contribution < -0.4 is 4.74 Å². The zero-order valence-corrected chi connectivity index (χ0v) is 18.8. The maximum atomic E-state index is 12.4. The van der Waals surface area contributed by atoms with Gasteiger partial charge in [0.05, 0.1) is 5.60 Å². The van der Waals surface area contributed by atoms with E-state index in [2.05, 4.69) is 0 Å². The van der Waals surface area contributed by atoms with Crippen LogP contribution in [0, 0.1) is 19.8 Å². The average Bonchev–Trinajstić information content (AvgIpc) is 2.97. The second-order valence-corrected chi connectivity index (χ2v) is 9.34. The van der Waals surface area contributed by atoms with Gasteiger partial charge in [-0.25, -0.2) is 4.79 Å². The Morgan fingerprint density at radius 1 is 1.00 bits per heavy atom. The van der Waals surface area contributed by atoms with Crippen LogP contribution in [0.4, 0.5) is 0 Å². The maximum absolute atomic E-state index is 12.4. The molecule has 2 atom stereocenters. The van der Waals surface area contributed by atoms with Crippen molar-refractivity contribution in [3.05, 3.63) is 40.2 Å². The van der Waals surface area contributed by atoms with Crippen molar-refractivity contribution in [2.24, 2.45) is 5.92 Å². The molecule has 30 heavy (non-hydrogen) atoms. The van der Waals surface area contributed by atoms with Crippen molar-refractivity contribution in [1.29, 1.82) is 0 Å². The van der Waals surface area contributed by atoms with E-state index in [1.807, 2.05) is 39.8 Å². The van der Waals surface area contributed by atoms with Crippen molar-refractivity contribution < 1.29 is 24.2 Å². The lowest BCUT2D eigenvalue weighted by Crippen LogP contribution is -2.35. The molecule has 164 valence electrons. The van der Waals surface area contributed by atoms with Crippen LogP contribution in [0.2, 0.25) is 0 Å². The molecule has 0 bridgehead atoms. The number of carbonyl (C=O) groups is 2. The number of hydrogen-bond acceptors (Lipinski definition) is 5. The minimum absolute atomic E-state index is 0.0181. The molecule has 5 heteroatoms. The first kappa shape index (κ1) is 22.5. The van der Waals surface area contributed by atoms with Gasteiger partial charge in [-0.3, -0.25) is 4.79 Å². The summed E-state index contributed by atoms with van der Waals surface area (Å²) < 4.78 is 11.6.